The molecule has 0 radical (unpaired) electrons. The standard InChI is InChI=1S/C25H22ClF3N2O5S/c1-36-23(33)11-12-37(35)31-21-14-18(8-10-22(21)32)30-24(34)16-4-2-3-15(5-6-16)19-9-7-17(13-20(19)26)25(27,28)29/h2,4-10,13-14,31-32H,3,11-12H2,1H3,(H,30,34). The van der Waals surface area contributed by atoms with E-state index in [1.807, 2.05) is 0 Å². The fourth-order valence-electron chi connectivity index (χ4n) is 3.28. The summed E-state index contributed by atoms with van der Waals surface area (Å²) in [5.41, 5.74) is 0.850. The third kappa shape index (κ3) is 7.78. The monoisotopic (exact) mass is 554 g/mol. The lowest BCUT2D eigenvalue weighted by atomic mass is 10.0. The Hall–Kier alpha value is -3.41. The summed E-state index contributed by atoms with van der Waals surface area (Å²) in [6, 6.07) is 7.24. The Kier molecular flexibility index (Phi) is 9.30. The van der Waals surface area contributed by atoms with E-state index in [9.17, 15) is 32.4 Å². The molecule has 0 spiro atoms. The van der Waals surface area contributed by atoms with Crippen LogP contribution in [0.3, 0.4) is 0 Å². The molecule has 0 heterocycles. The average molecular weight is 555 g/mol. The highest BCUT2D eigenvalue weighted by molar-refractivity contribution is 7.92. The van der Waals surface area contributed by atoms with Crippen LogP contribution >= 0.6 is 11.6 Å². The van der Waals surface area contributed by atoms with Crippen molar-refractivity contribution in [2.24, 2.45) is 0 Å². The van der Waals surface area contributed by atoms with Crippen molar-refractivity contribution >= 4 is 51.8 Å². The Labute approximate surface area is 219 Å². The molecule has 12 heteroatoms. The van der Waals surface area contributed by atoms with Crippen LogP contribution in [-0.2, 0) is 31.9 Å². The van der Waals surface area contributed by atoms with E-state index in [1.54, 1.807) is 18.2 Å². The molecule has 2 aromatic carbocycles. The van der Waals surface area contributed by atoms with Crippen molar-refractivity contribution in [3.63, 3.8) is 0 Å². The summed E-state index contributed by atoms with van der Waals surface area (Å²) in [4.78, 5) is 24.0. The van der Waals surface area contributed by atoms with Gasteiger partial charge in [-0.25, -0.2) is 4.72 Å². The Morgan fingerprint density at radius 3 is 2.62 bits per heavy atom. The number of anilines is 2. The minimum Gasteiger partial charge on any atom is -0.593 e. The molecule has 0 aromatic heterocycles. The number of halogens is 4. The molecule has 0 saturated carbocycles. The number of hydrogen-bond acceptors (Lipinski definition) is 6. The molecule has 7 nitrogen and oxygen atoms in total. The van der Waals surface area contributed by atoms with Gasteiger partial charge in [0.1, 0.15) is 17.2 Å². The number of carbonyl (C=O) groups is 2. The molecule has 1 atom stereocenters. The summed E-state index contributed by atoms with van der Waals surface area (Å²) in [5.74, 6) is -1.27. The molecule has 2 aromatic rings. The molecule has 0 fully saturated rings. The van der Waals surface area contributed by atoms with Gasteiger partial charge in [-0.3, -0.25) is 9.59 Å². The molecule has 0 saturated heterocycles. The van der Waals surface area contributed by atoms with Crippen LogP contribution in [0.25, 0.3) is 5.57 Å². The second-order valence-electron chi connectivity index (χ2n) is 7.78. The van der Waals surface area contributed by atoms with E-state index in [0.29, 0.717) is 23.2 Å². The molecule has 1 amide bonds. The molecule has 1 aliphatic rings. The van der Waals surface area contributed by atoms with E-state index in [1.165, 1.54) is 37.5 Å². The van der Waals surface area contributed by atoms with Gasteiger partial charge in [-0.2, -0.15) is 13.2 Å². The van der Waals surface area contributed by atoms with E-state index >= 15 is 0 Å². The van der Waals surface area contributed by atoms with Gasteiger partial charge in [0.25, 0.3) is 5.91 Å². The largest absolute Gasteiger partial charge is 0.593 e. The number of rotatable bonds is 8. The van der Waals surface area contributed by atoms with E-state index in [0.717, 1.165) is 12.1 Å². The van der Waals surface area contributed by atoms with E-state index in [-0.39, 0.29) is 34.2 Å². The van der Waals surface area contributed by atoms with Gasteiger partial charge in [-0.1, -0.05) is 35.9 Å². The Balaban J connectivity index is 1.72. The molecule has 0 bridgehead atoms. The maximum atomic E-state index is 12.9. The highest BCUT2D eigenvalue weighted by atomic mass is 35.5. The molecule has 3 rings (SSSR count). The molecular formula is C25H22ClF3N2O5S. The molecule has 1 unspecified atom stereocenters. The van der Waals surface area contributed by atoms with Gasteiger partial charge in [0.05, 0.1) is 30.5 Å². The van der Waals surface area contributed by atoms with Gasteiger partial charge in [-0.15, -0.1) is 0 Å². The van der Waals surface area contributed by atoms with Crippen LogP contribution in [0.5, 0.6) is 5.75 Å². The van der Waals surface area contributed by atoms with E-state index in [4.69, 9.17) is 11.6 Å². The topological polar surface area (TPSA) is 111 Å². The Morgan fingerprint density at radius 1 is 1.19 bits per heavy atom. The lowest BCUT2D eigenvalue weighted by Crippen LogP contribution is -2.20. The number of allylic oxidation sites excluding steroid dienone is 4. The second kappa shape index (κ2) is 12.2. The molecule has 196 valence electrons. The first-order valence-electron chi connectivity index (χ1n) is 10.8. The van der Waals surface area contributed by atoms with Crippen LogP contribution < -0.4 is 10.0 Å². The maximum Gasteiger partial charge on any atom is 0.416 e. The number of methoxy groups -OCH3 is 1. The van der Waals surface area contributed by atoms with E-state index < -0.39 is 35.0 Å². The van der Waals surface area contributed by atoms with Crippen LogP contribution in [-0.4, -0.2) is 34.4 Å². The van der Waals surface area contributed by atoms with Crippen LogP contribution in [0.15, 0.2) is 66.3 Å². The molecular weight excluding hydrogens is 533 g/mol. The number of aromatic hydroxyl groups is 1. The second-order valence-corrected chi connectivity index (χ2v) is 9.49. The first-order chi connectivity index (χ1) is 17.5. The van der Waals surface area contributed by atoms with Gasteiger partial charge in [0.2, 0.25) is 0 Å². The number of carbonyl (C=O) groups excluding carboxylic acids is 2. The number of phenols is 1. The normalized spacial score (nSPS) is 14.2. The summed E-state index contributed by atoms with van der Waals surface area (Å²) in [6.07, 6.45) is 2.13. The number of amides is 1. The van der Waals surface area contributed by atoms with Crippen LogP contribution in [0.4, 0.5) is 24.5 Å². The number of phenolic OH excluding ortho intramolecular Hbond substituents is 1. The fourth-order valence-corrected chi connectivity index (χ4v) is 4.45. The summed E-state index contributed by atoms with van der Waals surface area (Å²) in [5, 5.41) is 12.7. The Bertz CT molecular complexity index is 1280. The first kappa shape index (κ1) is 28.2. The highest BCUT2D eigenvalue weighted by Gasteiger charge is 2.31. The van der Waals surface area contributed by atoms with Gasteiger partial charge in [0, 0.05) is 16.3 Å². The predicted molar refractivity (Wildman–Crippen MR) is 136 cm³/mol. The fraction of sp³-hybridized carbons (Fsp3) is 0.200. The van der Waals surface area contributed by atoms with Crippen molar-refractivity contribution in [1.82, 2.24) is 0 Å². The van der Waals surface area contributed by atoms with Crippen molar-refractivity contribution in [2.75, 3.05) is 22.9 Å². The van der Waals surface area contributed by atoms with Crippen molar-refractivity contribution in [2.45, 2.75) is 19.0 Å². The number of nitrogens with one attached hydrogen (secondary N) is 2. The van der Waals surface area contributed by atoms with Crippen molar-refractivity contribution < 1.29 is 37.2 Å². The quantitative estimate of drug-likeness (QED) is 0.169. The van der Waals surface area contributed by atoms with Gasteiger partial charge < -0.3 is 19.7 Å². The number of ether oxygens (including phenoxy) is 1. The van der Waals surface area contributed by atoms with Crippen molar-refractivity contribution in [3.05, 3.63) is 82.4 Å². The van der Waals surface area contributed by atoms with Crippen molar-refractivity contribution in [1.29, 1.82) is 0 Å². The summed E-state index contributed by atoms with van der Waals surface area (Å²) in [6.45, 7) is 0. The smallest absolute Gasteiger partial charge is 0.416 e. The SMILES string of the molecule is COC(=O)CC[S+]([O-])Nc1cc(NC(=O)C2=CC=C(c3ccc(C(F)(F)F)cc3Cl)CC=C2)ccc1O. The Morgan fingerprint density at radius 2 is 1.95 bits per heavy atom. The summed E-state index contributed by atoms with van der Waals surface area (Å²) < 4.78 is 58.0. The third-order valence-corrected chi connectivity index (χ3v) is 6.54. The lowest BCUT2D eigenvalue weighted by Gasteiger charge is -2.14. The molecule has 37 heavy (non-hydrogen) atoms. The number of benzene rings is 2. The third-order valence-electron chi connectivity index (χ3n) is 5.20. The van der Waals surface area contributed by atoms with Crippen LogP contribution in [0.2, 0.25) is 5.02 Å². The summed E-state index contributed by atoms with van der Waals surface area (Å²) in [7, 11) is 1.22. The number of esters is 1. The highest BCUT2D eigenvalue weighted by Crippen LogP contribution is 2.35. The number of hydrogen-bond donors (Lipinski definition) is 3. The summed E-state index contributed by atoms with van der Waals surface area (Å²) >= 11 is 4.41. The minimum atomic E-state index is -4.51. The number of alkyl halides is 3. The van der Waals surface area contributed by atoms with Gasteiger partial charge >= 0.3 is 12.1 Å². The van der Waals surface area contributed by atoms with Crippen LogP contribution in [0, 0.1) is 0 Å². The molecule has 1 aliphatic carbocycles. The van der Waals surface area contributed by atoms with Gasteiger partial charge in [-0.05, 0) is 54.0 Å². The lowest BCUT2D eigenvalue weighted by molar-refractivity contribution is -0.140. The van der Waals surface area contributed by atoms with Crippen molar-refractivity contribution in [3.8, 4) is 5.75 Å². The average Bonchev–Trinajstić information content (AvgIpc) is 3.10. The van der Waals surface area contributed by atoms with E-state index in [2.05, 4.69) is 14.8 Å². The zero-order valence-corrected chi connectivity index (χ0v) is 21.0. The zero-order chi connectivity index (χ0) is 27.2. The first-order valence-corrected chi connectivity index (χ1v) is 12.5. The maximum absolute atomic E-state index is 12.9. The van der Waals surface area contributed by atoms with Crippen LogP contribution in [0.1, 0.15) is 24.0 Å². The predicted octanol–water partition coefficient (Wildman–Crippen LogP) is 5.61. The zero-order valence-electron chi connectivity index (χ0n) is 19.4. The molecule has 0 aliphatic heterocycles. The molecule has 3 N–H and O–H groups in total. The van der Waals surface area contributed by atoms with Gasteiger partial charge in [0.15, 0.2) is 0 Å². The minimum absolute atomic E-state index is 0.0437.